The van der Waals surface area contributed by atoms with E-state index in [0.717, 1.165) is 0 Å². The average Bonchev–Trinajstić information content (AvgIpc) is 2.55. The molecule has 0 aliphatic rings. The van der Waals surface area contributed by atoms with Gasteiger partial charge in [-0.3, -0.25) is 9.59 Å². The Morgan fingerprint density at radius 1 is 1.00 bits per heavy atom. The van der Waals surface area contributed by atoms with E-state index in [1.807, 2.05) is 0 Å². The van der Waals surface area contributed by atoms with E-state index in [1.165, 1.54) is 39.2 Å². The van der Waals surface area contributed by atoms with Crippen molar-refractivity contribution in [3.63, 3.8) is 0 Å². The Kier molecular flexibility index (Phi) is 5.18. The molecular formula is C18H19FN2O3. The van der Waals surface area contributed by atoms with Crippen molar-refractivity contribution in [2.24, 2.45) is 5.41 Å². The highest BCUT2D eigenvalue weighted by Gasteiger charge is 2.36. The van der Waals surface area contributed by atoms with Gasteiger partial charge in [0.1, 0.15) is 17.0 Å². The molecule has 0 aromatic heterocycles. The lowest BCUT2D eigenvalue weighted by Crippen LogP contribution is -2.41. The molecule has 6 heteroatoms. The first-order chi connectivity index (χ1) is 11.3. The molecule has 2 aromatic carbocycles. The summed E-state index contributed by atoms with van der Waals surface area (Å²) >= 11 is 0. The topological polar surface area (TPSA) is 67.4 Å². The predicted octanol–water partition coefficient (Wildman–Crippen LogP) is 3.44. The van der Waals surface area contributed by atoms with Crippen molar-refractivity contribution in [2.45, 2.75) is 13.8 Å². The normalized spacial score (nSPS) is 10.8. The Hall–Kier alpha value is -2.89. The van der Waals surface area contributed by atoms with Crippen LogP contribution in [0.5, 0.6) is 5.75 Å². The summed E-state index contributed by atoms with van der Waals surface area (Å²) < 4.78 is 18.4. The van der Waals surface area contributed by atoms with Crippen LogP contribution < -0.4 is 15.4 Å². The van der Waals surface area contributed by atoms with Gasteiger partial charge in [-0.15, -0.1) is 0 Å². The van der Waals surface area contributed by atoms with E-state index in [4.69, 9.17) is 4.74 Å². The summed E-state index contributed by atoms with van der Waals surface area (Å²) in [6.07, 6.45) is 0. The lowest BCUT2D eigenvalue weighted by atomic mass is 9.90. The van der Waals surface area contributed by atoms with Gasteiger partial charge >= 0.3 is 0 Å². The predicted molar refractivity (Wildman–Crippen MR) is 90.4 cm³/mol. The second kappa shape index (κ2) is 7.12. The van der Waals surface area contributed by atoms with Crippen molar-refractivity contribution in [1.82, 2.24) is 0 Å². The van der Waals surface area contributed by atoms with Gasteiger partial charge in [0.05, 0.1) is 12.8 Å². The van der Waals surface area contributed by atoms with Gasteiger partial charge in [-0.1, -0.05) is 18.2 Å². The van der Waals surface area contributed by atoms with Crippen LogP contribution in [0.15, 0.2) is 48.5 Å². The maximum atomic E-state index is 13.2. The van der Waals surface area contributed by atoms with Crippen LogP contribution in [0.4, 0.5) is 15.8 Å². The minimum Gasteiger partial charge on any atom is -0.495 e. The number of hydrogen-bond donors (Lipinski definition) is 2. The van der Waals surface area contributed by atoms with Crippen molar-refractivity contribution < 1.29 is 18.7 Å². The molecule has 0 fully saturated rings. The third kappa shape index (κ3) is 3.90. The zero-order valence-electron chi connectivity index (χ0n) is 13.7. The minimum atomic E-state index is -1.37. The number of rotatable bonds is 5. The van der Waals surface area contributed by atoms with Crippen LogP contribution in [0.25, 0.3) is 0 Å². The number of para-hydroxylation sites is 2. The molecule has 0 heterocycles. The molecule has 24 heavy (non-hydrogen) atoms. The molecule has 0 radical (unpaired) electrons. The van der Waals surface area contributed by atoms with Gasteiger partial charge in [-0.05, 0) is 44.2 Å². The summed E-state index contributed by atoms with van der Waals surface area (Å²) in [4.78, 5) is 24.9. The molecule has 0 bridgehead atoms. The fraction of sp³-hybridized carbons (Fsp3) is 0.222. The van der Waals surface area contributed by atoms with Crippen molar-refractivity contribution in [3.05, 3.63) is 54.3 Å². The van der Waals surface area contributed by atoms with Gasteiger partial charge in [-0.2, -0.15) is 0 Å². The summed E-state index contributed by atoms with van der Waals surface area (Å²) in [5.41, 5.74) is -0.609. The Morgan fingerprint density at radius 2 is 1.67 bits per heavy atom. The summed E-state index contributed by atoms with van der Waals surface area (Å²) in [7, 11) is 1.49. The smallest absolute Gasteiger partial charge is 0.239 e. The molecule has 5 nitrogen and oxygen atoms in total. The molecule has 126 valence electrons. The number of anilines is 2. The first kappa shape index (κ1) is 17.5. The van der Waals surface area contributed by atoms with Crippen LogP contribution in [0.1, 0.15) is 13.8 Å². The van der Waals surface area contributed by atoms with Crippen LogP contribution >= 0.6 is 0 Å². The van der Waals surface area contributed by atoms with Crippen molar-refractivity contribution in [2.75, 3.05) is 17.7 Å². The molecule has 0 unspecified atom stereocenters. The molecule has 0 aliphatic carbocycles. The molecule has 0 saturated heterocycles. The SMILES string of the molecule is COc1ccccc1NC(=O)C(C)(C)C(=O)Nc1cccc(F)c1. The standard InChI is InChI=1S/C18H19FN2O3/c1-18(2,16(22)20-13-8-6-7-12(19)11-13)17(23)21-14-9-4-5-10-15(14)24-3/h4-11H,1-3H3,(H,20,22)(H,21,23). The van der Waals surface area contributed by atoms with Gasteiger partial charge in [-0.25, -0.2) is 4.39 Å². The fourth-order valence-electron chi connectivity index (χ4n) is 1.98. The number of benzene rings is 2. The summed E-state index contributed by atoms with van der Waals surface area (Å²) in [5, 5.41) is 5.23. The van der Waals surface area contributed by atoms with Gasteiger partial charge in [0.15, 0.2) is 0 Å². The van der Waals surface area contributed by atoms with Crippen LogP contribution in [-0.2, 0) is 9.59 Å². The molecule has 0 spiro atoms. The summed E-state index contributed by atoms with van der Waals surface area (Å²) in [5.74, 6) is -1.02. The third-order valence-corrected chi connectivity index (χ3v) is 3.57. The van der Waals surface area contributed by atoms with Crippen LogP contribution in [-0.4, -0.2) is 18.9 Å². The largest absolute Gasteiger partial charge is 0.495 e. The summed E-state index contributed by atoms with van der Waals surface area (Å²) in [6, 6.07) is 12.4. The minimum absolute atomic E-state index is 0.290. The first-order valence-corrected chi connectivity index (χ1v) is 7.36. The molecule has 0 saturated carbocycles. The number of nitrogens with one attached hydrogen (secondary N) is 2. The van der Waals surface area contributed by atoms with E-state index in [-0.39, 0.29) is 5.69 Å². The Balaban J connectivity index is 2.13. The van der Waals surface area contributed by atoms with Crippen molar-refractivity contribution >= 4 is 23.2 Å². The second-order valence-electron chi connectivity index (χ2n) is 5.74. The maximum Gasteiger partial charge on any atom is 0.239 e. The number of halogens is 1. The van der Waals surface area contributed by atoms with E-state index in [2.05, 4.69) is 10.6 Å². The summed E-state index contributed by atoms with van der Waals surface area (Å²) in [6.45, 7) is 2.98. The number of ether oxygens (including phenoxy) is 1. The third-order valence-electron chi connectivity index (χ3n) is 3.57. The highest BCUT2D eigenvalue weighted by atomic mass is 19.1. The molecule has 0 aliphatic heterocycles. The van der Waals surface area contributed by atoms with Crippen LogP contribution in [0.3, 0.4) is 0 Å². The molecule has 2 aromatic rings. The fourth-order valence-corrected chi connectivity index (χ4v) is 1.98. The average molecular weight is 330 g/mol. The molecular weight excluding hydrogens is 311 g/mol. The maximum absolute atomic E-state index is 13.2. The molecule has 2 N–H and O–H groups in total. The van der Waals surface area contributed by atoms with E-state index in [9.17, 15) is 14.0 Å². The van der Waals surface area contributed by atoms with Crippen molar-refractivity contribution in [3.8, 4) is 5.75 Å². The highest BCUT2D eigenvalue weighted by molar-refractivity contribution is 6.14. The number of carbonyl (C=O) groups excluding carboxylic acids is 2. The van der Waals surface area contributed by atoms with Gasteiger partial charge in [0.25, 0.3) is 0 Å². The zero-order valence-corrected chi connectivity index (χ0v) is 13.7. The first-order valence-electron chi connectivity index (χ1n) is 7.36. The Morgan fingerprint density at radius 3 is 2.33 bits per heavy atom. The lowest BCUT2D eigenvalue weighted by Gasteiger charge is -2.23. The van der Waals surface area contributed by atoms with Gasteiger partial charge in [0.2, 0.25) is 11.8 Å². The number of methoxy groups -OCH3 is 1. The van der Waals surface area contributed by atoms with Crippen LogP contribution in [0.2, 0.25) is 0 Å². The van der Waals surface area contributed by atoms with Crippen molar-refractivity contribution in [1.29, 1.82) is 0 Å². The lowest BCUT2D eigenvalue weighted by molar-refractivity contribution is -0.135. The van der Waals surface area contributed by atoms with Gasteiger partial charge < -0.3 is 15.4 Å². The number of hydrogen-bond acceptors (Lipinski definition) is 3. The monoisotopic (exact) mass is 330 g/mol. The molecule has 2 rings (SSSR count). The van der Waals surface area contributed by atoms with Gasteiger partial charge in [0, 0.05) is 5.69 Å². The van der Waals surface area contributed by atoms with E-state index >= 15 is 0 Å². The van der Waals surface area contributed by atoms with E-state index < -0.39 is 23.0 Å². The molecule has 2 amide bonds. The Bertz CT molecular complexity index is 759. The van der Waals surface area contributed by atoms with E-state index in [1.54, 1.807) is 30.3 Å². The van der Waals surface area contributed by atoms with E-state index in [0.29, 0.717) is 11.4 Å². The number of carbonyl (C=O) groups is 2. The number of amides is 2. The molecule has 0 atom stereocenters. The second-order valence-corrected chi connectivity index (χ2v) is 5.74. The Labute approximate surface area is 139 Å². The quantitative estimate of drug-likeness (QED) is 0.825. The highest BCUT2D eigenvalue weighted by Crippen LogP contribution is 2.27. The van der Waals surface area contributed by atoms with Crippen LogP contribution in [0, 0.1) is 11.2 Å². The zero-order chi connectivity index (χ0) is 17.7.